The Bertz CT molecular complexity index is 1400. The Morgan fingerprint density at radius 2 is 1.80 bits per heavy atom. The number of amides is 2. The summed E-state index contributed by atoms with van der Waals surface area (Å²) in [5, 5.41) is 3.70. The Kier molecular flexibility index (Phi) is 8.68. The van der Waals surface area contributed by atoms with Gasteiger partial charge >= 0.3 is 5.97 Å². The molecule has 1 aromatic heterocycles. The Balaban J connectivity index is 1.37. The normalized spacial score (nSPS) is 23.4. The minimum atomic E-state index is -0.782. The fourth-order valence-electron chi connectivity index (χ4n) is 6.32. The van der Waals surface area contributed by atoms with Crippen molar-refractivity contribution >= 4 is 34.4 Å². The summed E-state index contributed by atoms with van der Waals surface area (Å²) >= 11 is 0. The second kappa shape index (κ2) is 12.4. The number of hydrogen-bond donors (Lipinski definition) is 3. The zero-order chi connectivity index (χ0) is 29.1. The van der Waals surface area contributed by atoms with Gasteiger partial charge in [0.2, 0.25) is 11.8 Å². The van der Waals surface area contributed by atoms with E-state index < -0.39 is 24.7 Å². The highest BCUT2D eigenvalue weighted by Crippen LogP contribution is 2.38. The number of carbonyl (C=O) groups is 3. The van der Waals surface area contributed by atoms with E-state index in [1.54, 1.807) is 48.2 Å². The summed E-state index contributed by atoms with van der Waals surface area (Å²) in [5.74, 6) is -1.74. The summed E-state index contributed by atoms with van der Waals surface area (Å²) in [5.41, 5.74) is 8.26. The first-order valence-electron chi connectivity index (χ1n) is 14.3. The molecule has 218 valence electrons. The molecule has 1 saturated carbocycles. The predicted octanol–water partition coefficient (Wildman–Crippen LogP) is 4.91. The third kappa shape index (κ3) is 6.12. The first kappa shape index (κ1) is 28.7. The van der Waals surface area contributed by atoms with Gasteiger partial charge < -0.3 is 25.7 Å². The summed E-state index contributed by atoms with van der Waals surface area (Å²) in [6.07, 6.45) is 3.14. The van der Waals surface area contributed by atoms with E-state index in [0.29, 0.717) is 50.0 Å². The predicted molar refractivity (Wildman–Crippen MR) is 152 cm³/mol. The Morgan fingerprint density at radius 3 is 2.49 bits per heavy atom. The highest BCUT2D eigenvalue weighted by Gasteiger charge is 2.44. The molecule has 4 N–H and O–H groups in total. The number of esters is 1. The highest BCUT2D eigenvalue weighted by molar-refractivity contribution is 6.01. The molecule has 1 aliphatic heterocycles. The number of nitrogens with one attached hydrogen (secondary N) is 2. The Labute approximate surface area is 237 Å². The summed E-state index contributed by atoms with van der Waals surface area (Å²) in [7, 11) is 0. The van der Waals surface area contributed by atoms with Crippen molar-refractivity contribution in [3.05, 3.63) is 65.6 Å². The number of H-pyrrole nitrogens is 1. The molecule has 2 aliphatic rings. The van der Waals surface area contributed by atoms with Crippen molar-refractivity contribution in [2.24, 2.45) is 17.6 Å². The lowest BCUT2D eigenvalue weighted by Crippen LogP contribution is -2.48. The number of rotatable bonds is 8. The molecule has 10 heteroatoms. The van der Waals surface area contributed by atoms with E-state index in [0.717, 1.165) is 16.5 Å². The van der Waals surface area contributed by atoms with Gasteiger partial charge in [-0.2, -0.15) is 0 Å². The van der Waals surface area contributed by atoms with Crippen LogP contribution in [-0.4, -0.2) is 59.6 Å². The largest absolute Gasteiger partial charge is 0.461 e. The van der Waals surface area contributed by atoms with Crippen LogP contribution in [0, 0.1) is 17.7 Å². The van der Waals surface area contributed by atoms with Crippen LogP contribution in [0.4, 0.5) is 14.5 Å². The van der Waals surface area contributed by atoms with Crippen LogP contribution in [0.5, 0.6) is 0 Å². The van der Waals surface area contributed by atoms with Crippen molar-refractivity contribution in [3.63, 3.8) is 0 Å². The maximum absolute atomic E-state index is 13.9. The van der Waals surface area contributed by atoms with Crippen molar-refractivity contribution in [1.29, 1.82) is 0 Å². The molecule has 3 atom stereocenters. The van der Waals surface area contributed by atoms with E-state index in [1.165, 1.54) is 12.1 Å². The molecule has 0 bridgehead atoms. The molecule has 2 aromatic carbocycles. The van der Waals surface area contributed by atoms with E-state index in [1.807, 2.05) is 0 Å². The summed E-state index contributed by atoms with van der Waals surface area (Å²) in [4.78, 5) is 44.4. The number of anilines is 1. The number of nitrogens with two attached hydrogens (primary N) is 1. The monoisotopic (exact) mass is 566 g/mol. The molecule has 1 saturated heterocycles. The smallest absolute Gasteiger partial charge is 0.354 e. The lowest BCUT2D eigenvalue weighted by atomic mass is 9.78. The van der Waals surface area contributed by atoms with Crippen molar-refractivity contribution in [2.45, 2.75) is 57.0 Å². The molecule has 41 heavy (non-hydrogen) atoms. The third-order valence-corrected chi connectivity index (χ3v) is 8.54. The van der Waals surface area contributed by atoms with Crippen LogP contribution in [-0.2, 0) is 14.3 Å². The molecule has 0 radical (unpaired) electrons. The average Bonchev–Trinajstić information content (AvgIpc) is 3.62. The quantitative estimate of drug-likeness (QED) is 0.335. The number of alkyl halides is 1. The lowest BCUT2D eigenvalue weighted by molar-refractivity contribution is -0.141. The molecule has 1 aliphatic carbocycles. The topological polar surface area (TPSA) is 118 Å². The molecular formula is C31H36F2N4O4. The number of halogens is 2. The molecule has 2 fully saturated rings. The number of fused-ring (bicyclic) bond motifs is 1. The minimum Gasteiger partial charge on any atom is -0.461 e. The number of nitrogens with zero attached hydrogens (tertiary/aromatic N) is 1. The zero-order valence-corrected chi connectivity index (χ0v) is 23.1. The average molecular weight is 567 g/mol. The van der Waals surface area contributed by atoms with Crippen LogP contribution in [0.25, 0.3) is 10.9 Å². The number of aromatic nitrogens is 1. The molecule has 2 heterocycles. The van der Waals surface area contributed by atoms with E-state index in [9.17, 15) is 23.2 Å². The van der Waals surface area contributed by atoms with Gasteiger partial charge in [-0.15, -0.1) is 0 Å². The van der Waals surface area contributed by atoms with Gasteiger partial charge in [0, 0.05) is 41.0 Å². The van der Waals surface area contributed by atoms with E-state index in [4.69, 9.17) is 10.5 Å². The van der Waals surface area contributed by atoms with Gasteiger partial charge in [-0.25, -0.2) is 13.6 Å². The first-order chi connectivity index (χ1) is 19.8. The van der Waals surface area contributed by atoms with Gasteiger partial charge in [-0.05, 0) is 86.9 Å². The number of carbonyl (C=O) groups excluding carboxylic acids is 3. The summed E-state index contributed by atoms with van der Waals surface area (Å²) in [6, 6.07) is 11.7. The standard InChI is InChI=1S/C31H36F2N4O4/c1-2-41-31(40)27-16-21-15-23(11-12-26(21)36-27)35-29(38)28-24(18-7-9-22(33)10-8-18)13-14-37(28)30(39)20-5-3-19(4-6-20)25(34)17-32/h7-12,15-16,19-20,24-25,28,36H,2-6,13-14,17,34H2,1H3,(H,35,38)/t19-,20-,24-,25?,28-/m0/s1. The lowest BCUT2D eigenvalue weighted by Gasteiger charge is -2.35. The highest BCUT2D eigenvalue weighted by atomic mass is 19.1. The van der Waals surface area contributed by atoms with Crippen LogP contribution in [0.1, 0.15) is 61.0 Å². The minimum absolute atomic E-state index is 0.0568. The van der Waals surface area contributed by atoms with Crippen LogP contribution in [0.3, 0.4) is 0 Å². The van der Waals surface area contributed by atoms with Gasteiger partial charge in [-0.3, -0.25) is 9.59 Å². The van der Waals surface area contributed by atoms with Crippen LogP contribution < -0.4 is 11.1 Å². The number of ether oxygens (including phenoxy) is 1. The van der Waals surface area contributed by atoms with Crippen LogP contribution in [0.15, 0.2) is 48.5 Å². The number of benzene rings is 2. The second-order valence-electron chi connectivity index (χ2n) is 11.0. The van der Waals surface area contributed by atoms with E-state index >= 15 is 0 Å². The number of aromatic amines is 1. The molecular weight excluding hydrogens is 530 g/mol. The number of likely N-dealkylation sites (tertiary alicyclic amines) is 1. The van der Waals surface area contributed by atoms with Crippen LogP contribution in [0.2, 0.25) is 0 Å². The van der Waals surface area contributed by atoms with E-state index in [-0.39, 0.29) is 42.0 Å². The fraction of sp³-hybridized carbons (Fsp3) is 0.452. The van der Waals surface area contributed by atoms with Crippen LogP contribution >= 0.6 is 0 Å². The summed E-state index contributed by atoms with van der Waals surface area (Å²) in [6.45, 7) is 1.82. The van der Waals surface area contributed by atoms with Gasteiger partial charge in [0.15, 0.2) is 0 Å². The van der Waals surface area contributed by atoms with Crippen molar-refractivity contribution in [3.8, 4) is 0 Å². The SMILES string of the molecule is CCOC(=O)c1cc2cc(NC(=O)[C@@H]3[C@H](c4ccc(F)cc4)CCN3C(=O)[C@H]3CC[C@H](C(N)CF)CC3)ccc2[nH]1. The Hall–Kier alpha value is -3.79. The van der Waals surface area contributed by atoms with E-state index in [2.05, 4.69) is 10.3 Å². The molecule has 2 amide bonds. The van der Waals surface area contributed by atoms with Gasteiger partial charge in [0.05, 0.1) is 6.61 Å². The fourth-order valence-corrected chi connectivity index (χ4v) is 6.32. The molecule has 3 aromatic rings. The molecule has 0 spiro atoms. The van der Waals surface area contributed by atoms with Gasteiger partial charge in [0.25, 0.3) is 0 Å². The Morgan fingerprint density at radius 1 is 1.07 bits per heavy atom. The van der Waals surface area contributed by atoms with Crippen molar-refractivity contribution in [2.75, 3.05) is 25.1 Å². The second-order valence-corrected chi connectivity index (χ2v) is 11.0. The molecule has 8 nitrogen and oxygen atoms in total. The molecule has 1 unspecified atom stereocenters. The first-order valence-corrected chi connectivity index (χ1v) is 14.3. The summed E-state index contributed by atoms with van der Waals surface area (Å²) < 4.78 is 31.8. The maximum Gasteiger partial charge on any atom is 0.354 e. The van der Waals surface area contributed by atoms with Gasteiger partial charge in [-0.1, -0.05) is 12.1 Å². The van der Waals surface area contributed by atoms with Gasteiger partial charge in [0.1, 0.15) is 24.2 Å². The zero-order valence-electron chi connectivity index (χ0n) is 23.1. The maximum atomic E-state index is 13.9. The number of hydrogen-bond acceptors (Lipinski definition) is 5. The third-order valence-electron chi connectivity index (χ3n) is 8.54. The van der Waals surface area contributed by atoms with Crippen molar-refractivity contribution in [1.82, 2.24) is 9.88 Å². The van der Waals surface area contributed by atoms with Crippen molar-refractivity contribution < 1.29 is 27.9 Å². The molecule has 5 rings (SSSR count).